The van der Waals surface area contributed by atoms with Gasteiger partial charge in [0.25, 0.3) is 5.56 Å². The average Bonchev–Trinajstić information content (AvgIpc) is 3.44. The van der Waals surface area contributed by atoms with Gasteiger partial charge < -0.3 is 5.32 Å². The van der Waals surface area contributed by atoms with E-state index < -0.39 is 0 Å². The van der Waals surface area contributed by atoms with Gasteiger partial charge in [-0.2, -0.15) is 0 Å². The summed E-state index contributed by atoms with van der Waals surface area (Å²) >= 11 is 4.33. The minimum atomic E-state index is -0.159. The van der Waals surface area contributed by atoms with Gasteiger partial charge in [0.05, 0.1) is 26.6 Å². The van der Waals surface area contributed by atoms with Crippen LogP contribution in [0.2, 0.25) is 0 Å². The first kappa shape index (κ1) is 21.2. The van der Waals surface area contributed by atoms with E-state index in [0.29, 0.717) is 16.8 Å². The maximum Gasteiger partial charge on any atom is 0.268 e. The summed E-state index contributed by atoms with van der Waals surface area (Å²) < 4.78 is 2.75. The summed E-state index contributed by atoms with van der Waals surface area (Å²) in [5, 5.41) is 4.06. The molecule has 0 aliphatic carbocycles. The minimum absolute atomic E-state index is 0.00233. The molecule has 0 radical (unpaired) electrons. The highest BCUT2D eigenvalue weighted by Crippen LogP contribution is 2.29. The van der Waals surface area contributed by atoms with Gasteiger partial charge in [0.1, 0.15) is 0 Å². The Morgan fingerprint density at radius 2 is 1.91 bits per heavy atom. The number of fused-ring (bicyclic) bond motifs is 2. The topological polar surface area (TPSA) is 76.9 Å². The van der Waals surface area contributed by atoms with Crippen LogP contribution in [0.1, 0.15) is 11.3 Å². The summed E-state index contributed by atoms with van der Waals surface area (Å²) in [5.74, 6) is 0.884. The van der Waals surface area contributed by atoms with Crippen molar-refractivity contribution in [3.63, 3.8) is 0 Å². The Kier molecular flexibility index (Phi) is 6.29. The maximum absolute atomic E-state index is 13.1. The molecule has 0 fully saturated rings. The monoisotopic (exact) mass is 480 g/mol. The van der Waals surface area contributed by atoms with Crippen molar-refractivity contribution in [2.75, 3.05) is 16.8 Å². The lowest BCUT2D eigenvalue weighted by atomic mass is 10.1. The second-order valence-corrected chi connectivity index (χ2v) is 10.4. The zero-order valence-electron chi connectivity index (χ0n) is 17.1. The average molecular weight is 481 g/mol. The number of benzene rings is 2. The predicted octanol–water partition coefficient (Wildman–Crippen LogP) is 4.47. The van der Waals surface area contributed by atoms with Gasteiger partial charge in [0.15, 0.2) is 10.3 Å². The van der Waals surface area contributed by atoms with E-state index in [9.17, 15) is 9.59 Å². The Morgan fingerprint density at radius 1 is 1.09 bits per heavy atom. The van der Waals surface area contributed by atoms with Gasteiger partial charge in [-0.1, -0.05) is 65.6 Å². The van der Waals surface area contributed by atoms with Crippen molar-refractivity contribution in [3.8, 4) is 0 Å². The number of nitrogens with one attached hydrogen (secondary N) is 1. The number of hydrogen-bond donors (Lipinski definition) is 1. The van der Waals surface area contributed by atoms with E-state index >= 15 is 0 Å². The fraction of sp³-hybridized carbons (Fsp3) is 0.217. The third-order valence-corrected chi connectivity index (χ3v) is 8.12. The first-order valence-electron chi connectivity index (χ1n) is 10.3. The normalized spacial score (nSPS) is 12.8. The van der Waals surface area contributed by atoms with E-state index in [1.807, 2.05) is 42.5 Å². The number of nitrogens with zero attached hydrogens (tertiary/aromatic N) is 3. The molecule has 32 heavy (non-hydrogen) atoms. The van der Waals surface area contributed by atoms with Crippen molar-refractivity contribution in [1.82, 2.24) is 14.5 Å². The molecule has 0 saturated carbocycles. The van der Waals surface area contributed by atoms with Gasteiger partial charge in [-0.3, -0.25) is 14.2 Å². The molecule has 2 aromatic carbocycles. The number of carbonyl (C=O) groups excluding carboxylic acids is 1. The molecule has 1 amide bonds. The molecule has 9 heteroatoms. The Balaban J connectivity index is 1.32. The number of rotatable bonds is 7. The Labute approximate surface area is 197 Å². The standard InChI is InChI=1S/C23H20N4O2S3/c28-19(26-22-24-16-8-4-5-9-18(16)32-22)14-31-23-25-17-11-13-30-20(17)21(29)27(23)12-10-15-6-2-1-3-7-15/h1-9H,10-14H2,(H,24,26,28). The lowest BCUT2D eigenvalue weighted by Crippen LogP contribution is -2.27. The third kappa shape index (κ3) is 4.60. The molecule has 1 N–H and O–H groups in total. The SMILES string of the molecule is O=C(CSc1nc2c(c(=O)n1CCc1ccccc1)SCC2)Nc1nc2ccccc2s1. The van der Waals surface area contributed by atoms with Crippen molar-refractivity contribution in [3.05, 3.63) is 76.2 Å². The van der Waals surface area contributed by atoms with Gasteiger partial charge in [-0.15, -0.1) is 11.8 Å². The lowest BCUT2D eigenvalue weighted by molar-refractivity contribution is -0.113. The number of carbonyl (C=O) groups is 1. The molecule has 2 aromatic heterocycles. The molecule has 6 nitrogen and oxygen atoms in total. The third-order valence-electron chi connectivity index (χ3n) is 5.09. The van der Waals surface area contributed by atoms with E-state index in [0.717, 1.165) is 45.0 Å². The van der Waals surface area contributed by atoms with Crippen LogP contribution in [0.25, 0.3) is 10.2 Å². The van der Waals surface area contributed by atoms with Crippen LogP contribution < -0.4 is 10.9 Å². The van der Waals surface area contributed by atoms with Crippen LogP contribution in [-0.2, 0) is 24.2 Å². The van der Waals surface area contributed by atoms with Crippen LogP contribution in [0.15, 0.2) is 69.4 Å². The smallest absolute Gasteiger partial charge is 0.268 e. The van der Waals surface area contributed by atoms with Gasteiger partial charge >= 0.3 is 0 Å². The second kappa shape index (κ2) is 9.48. The van der Waals surface area contributed by atoms with Crippen LogP contribution >= 0.6 is 34.9 Å². The first-order valence-corrected chi connectivity index (χ1v) is 13.0. The zero-order valence-corrected chi connectivity index (χ0v) is 19.6. The number of thiazole rings is 1. The van der Waals surface area contributed by atoms with Crippen LogP contribution in [0.3, 0.4) is 0 Å². The summed E-state index contributed by atoms with van der Waals surface area (Å²) in [4.78, 5) is 35.7. The van der Waals surface area contributed by atoms with E-state index in [1.54, 1.807) is 16.3 Å². The minimum Gasteiger partial charge on any atom is -0.301 e. The van der Waals surface area contributed by atoms with Crippen LogP contribution in [-0.4, -0.2) is 31.9 Å². The fourth-order valence-corrected chi connectivity index (χ4v) is 6.29. The summed E-state index contributed by atoms with van der Waals surface area (Å²) in [6.45, 7) is 0.533. The van der Waals surface area contributed by atoms with E-state index in [2.05, 4.69) is 22.4 Å². The molecular weight excluding hydrogens is 460 g/mol. The summed E-state index contributed by atoms with van der Waals surface area (Å²) in [5.41, 5.74) is 2.89. The van der Waals surface area contributed by atoms with Crippen molar-refractivity contribution in [2.24, 2.45) is 0 Å². The highest BCUT2D eigenvalue weighted by atomic mass is 32.2. The molecule has 1 aliphatic heterocycles. The Hall–Kier alpha value is -2.62. The highest BCUT2D eigenvalue weighted by Gasteiger charge is 2.22. The molecule has 1 aliphatic rings. The quantitative estimate of drug-likeness (QED) is 0.311. The molecule has 0 bridgehead atoms. The van der Waals surface area contributed by atoms with Crippen molar-refractivity contribution < 1.29 is 4.79 Å². The van der Waals surface area contributed by atoms with Gasteiger partial charge in [0.2, 0.25) is 5.91 Å². The largest absolute Gasteiger partial charge is 0.301 e. The lowest BCUT2D eigenvalue weighted by Gasteiger charge is -2.13. The predicted molar refractivity (Wildman–Crippen MR) is 132 cm³/mol. The number of aryl methyl sites for hydroxylation is 2. The molecule has 4 aromatic rings. The Bertz CT molecular complexity index is 1300. The van der Waals surface area contributed by atoms with Crippen molar-refractivity contribution >= 4 is 56.1 Å². The fourth-order valence-electron chi connectivity index (χ4n) is 3.53. The van der Waals surface area contributed by atoms with E-state index in [4.69, 9.17) is 4.98 Å². The van der Waals surface area contributed by atoms with Crippen LogP contribution in [0, 0.1) is 0 Å². The molecular formula is C23H20N4O2S3. The molecule has 0 atom stereocenters. The van der Waals surface area contributed by atoms with Gasteiger partial charge in [-0.25, -0.2) is 9.97 Å². The van der Waals surface area contributed by atoms with Gasteiger partial charge in [-0.05, 0) is 24.1 Å². The van der Waals surface area contributed by atoms with Crippen molar-refractivity contribution in [2.45, 2.75) is 29.4 Å². The first-order chi connectivity index (χ1) is 15.7. The van der Waals surface area contributed by atoms with E-state index in [1.165, 1.54) is 23.1 Å². The zero-order chi connectivity index (χ0) is 21.9. The number of amides is 1. The number of anilines is 1. The maximum atomic E-state index is 13.1. The number of para-hydroxylation sites is 1. The number of hydrogen-bond acceptors (Lipinski definition) is 7. The second-order valence-electron chi connectivity index (χ2n) is 7.28. The molecule has 0 spiro atoms. The van der Waals surface area contributed by atoms with E-state index in [-0.39, 0.29) is 17.2 Å². The number of thioether (sulfide) groups is 2. The number of aromatic nitrogens is 3. The summed E-state index contributed by atoms with van der Waals surface area (Å²) in [6, 6.07) is 17.9. The summed E-state index contributed by atoms with van der Waals surface area (Å²) in [6.07, 6.45) is 1.53. The molecule has 0 saturated heterocycles. The summed E-state index contributed by atoms with van der Waals surface area (Å²) in [7, 11) is 0. The molecule has 3 heterocycles. The van der Waals surface area contributed by atoms with Crippen LogP contribution in [0.5, 0.6) is 0 Å². The molecule has 5 rings (SSSR count). The van der Waals surface area contributed by atoms with Crippen LogP contribution in [0.4, 0.5) is 5.13 Å². The Morgan fingerprint density at radius 3 is 2.75 bits per heavy atom. The van der Waals surface area contributed by atoms with Crippen molar-refractivity contribution in [1.29, 1.82) is 0 Å². The molecule has 162 valence electrons. The van der Waals surface area contributed by atoms with Gasteiger partial charge in [0, 0.05) is 18.7 Å². The highest BCUT2D eigenvalue weighted by molar-refractivity contribution is 8.00. The molecule has 0 unspecified atom stereocenters.